The predicted octanol–water partition coefficient (Wildman–Crippen LogP) is -0.710. The molecule has 0 aromatic carbocycles. The summed E-state index contributed by atoms with van der Waals surface area (Å²) in [6.45, 7) is 1.93. The number of likely N-dealkylation sites (tertiary alicyclic amines) is 1. The molecular formula is C10H17BFN3O. The Labute approximate surface area is 96.4 Å². The van der Waals surface area contributed by atoms with Gasteiger partial charge >= 0.3 is 0 Å². The summed E-state index contributed by atoms with van der Waals surface area (Å²) in [6.07, 6.45) is 0.268. The number of amides is 1. The number of hydrogen-bond donors (Lipinski definition) is 1. The average molecular weight is 225 g/mol. The molecule has 88 valence electrons. The third-order valence-electron chi connectivity index (χ3n) is 3.49. The van der Waals surface area contributed by atoms with Gasteiger partial charge in [0.15, 0.2) is 7.98 Å². The number of rotatable bonds is 2. The third kappa shape index (κ3) is 2.22. The minimum atomic E-state index is -0.873. The average Bonchev–Trinajstić information content (AvgIpc) is 2.83. The molecule has 3 atom stereocenters. The van der Waals surface area contributed by atoms with Gasteiger partial charge in [-0.1, -0.05) is 0 Å². The van der Waals surface area contributed by atoms with E-state index >= 15 is 0 Å². The van der Waals surface area contributed by atoms with E-state index in [-0.39, 0.29) is 24.4 Å². The number of nitrogens with zero attached hydrogens (tertiary/aromatic N) is 2. The van der Waals surface area contributed by atoms with Crippen molar-refractivity contribution in [3.63, 3.8) is 0 Å². The van der Waals surface area contributed by atoms with Gasteiger partial charge in [0.25, 0.3) is 0 Å². The normalized spacial score (nSPS) is 35.9. The van der Waals surface area contributed by atoms with E-state index in [2.05, 4.69) is 0 Å². The fourth-order valence-corrected chi connectivity index (χ4v) is 2.49. The first-order valence-corrected chi connectivity index (χ1v) is 5.76. The third-order valence-corrected chi connectivity index (χ3v) is 3.49. The van der Waals surface area contributed by atoms with Crippen molar-refractivity contribution in [1.29, 1.82) is 0 Å². The Morgan fingerprint density at radius 3 is 2.75 bits per heavy atom. The van der Waals surface area contributed by atoms with Crippen molar-refractivity contribution in [2.24, 2.45) is 11.7 Å². The zero-order valence-electron chi connectivity index (χ0n) is 9.31. The first-order chi connectivity index (χ1) is 7.61. The van der Waals surface area contributed by atoms with Gasteiger partial charge in [-0.25, -0.2) is 4.39 Å². The first-order valence-electron chi connectivity index (χ1n) is 5.76. The van der Waals surface area contributed by atoms with Crippen LogP contribution in [0.1, 0.15) is 12.8 Å². The van der Waals surface area contributed by atoms with Gasteiger partial charge in [0.05, 0.1) is 12.6 Å². The molecule has 2 N–H and O–H groups in total. The molecule has 2 saturated heterocycles. The molecule has 0 bridgehead atoms. The molecule has 2 heterocycles. The lowest BCUT2D eigenvalue weighted by molar-refractivity contribution is -0.133. The Bertz CT molecular complexity index is 279. The maximum atomic E-state index is 13.0. The molecule has 2 aliphatic rings. The molecule has 2 fully saturated rings. The molecule has 1 amide bonds. The summed E-state index contributed by atoms with van der Waals surface area (Å²) < 4.78 is 13.0. The first kappa shape index (κ1) is 11.9. The van der Waals surface area contributed by atoms with E-state index in [1.807, 2.05) is 0 Å². The van der Waals surface area contributed by atoms with Gasteiger partial charge in [-0.3, -0.25) is 4.79 Å². The van der Waals surface area contributed by atoms with Gasteiger partial charge in [-0.05, 0) is 31.8 Å². The molecule has 0 aromatic rings. The summed E-state index contributed by atoms with van der Waals surface area (Å²) in [7, 11) is 5.78. The zero-order chi connectivity index (χ0) is 11.7. The van der Waals surface area contributed by atoms with E-state index in [4.69, 9.17) is 13.7 Å². The highest BCUT2D eigenvalue weighted by Crippen LogP contribution is 2.24. The number of hydrogen-bond acceptors (Lipinski definition) is 3. The van der Waals surface area contributed by atoms with E-state index in [1.54, 1.807) is 9.71 Å². The highest BCUT2D eigenvalue weighted by atomic mass is 19.1. The van der Waals surface area contributed by atoms with Crippen LogP contribution in [0.4, 0.5) is 4.39 Å². The number of alkyl halides is 1. The summed E-state index contributed by atoms with van der Waals surface area (Å²) in [6, 6.07) is -0.307. The zero-order valence-corrected chi connectivity index (χ0v) is 9.31. The lowest BCUT2D eigenvalue weighted by Crippen LogP contribution is -2.43. The van der Waals surface area contributed by atoms with Gasteiger partial charge in [0, 0.05) is 6.54 Å². The summed E-state index contributed by atoms with van der Waals surface area (Å²) in [5.74, 6) is 0.237. The standard InChI is InChI=1S/C10H17BFN3O/c11-15-5-7(4-13)3-9(15)10(16)14-2-1-8(12)6-14/h7-9H,1-6,13H2. The molecule has 0 aromatic heterocycles. The van der Waals surface area contributed by atoms with Crippen LogP contribution in [0.25, 0.3) is 0 Å². The second kappa shape index (κ2) is 4.71. The molecule has 2 radical (unpaired) electrons. The van der Waals surface area contributed by atoms with Crippen molar-refractivity contribution in [2.75, 3.05) is 26.2 Å². The van der Waals surface area contributed by atoms with Crippen LogP contribution in [0.5, 0.6) is 0 Å². The largest absolute Gasteiger partial charge is 0.343 e. The van der Waals surface area contributed by atoms with E-state index in [1.165, 1.54) is 0 Å². The van der Waals surface area contributed by atoms with Crippen LogP contribution < -0.4 is 5.73 Å². The van der Waals surface area contributed by atoms with E-state index < -0.39 is 6.17 Å². The lowest BCUT2D eigenvalue weighted by Gasteiger charge is -2.24. The van der Waals surface area contributed by atoms with Gasteiger partial charge in [-0.2, -0.15) is 0 Å². The van der Waals surface area contributed by atoms with E-state index in [9.17, 15) is 9.18 Å². The molecule has 16 heavy (non-hydrogen) atoms. The Morgan fingerprint density at radius 1 is 1.50 bits per heavy atom. The van der Waals surface area contributed by atoms with Crippen molar-refractivity contribution in [3.8, 4) is 0 Å². The molecule has 2 rings (SSSR count). The van der Waals surface area contributed by atoms with Gasteiger partial charge in [-0.15, -0.1) is 0 Å². The van der Waals surface area contributed by atoms with Crippen molar-refractivity contribution in [1.82, 2.24) is 9.71 Å². The van der Waals surface area contributed by atoms with Crippen molar-refractivity contribution in [2.45, 2.75) is 25.1 Å². The van der Waals surface area contributed by atoms with Crippen LogP contribution in [0.3, 0.4) is 0 Å². The second-order valence-corrected chi connectivity index (χ2v) is 4.72. The molecular weight excluding hydrogens is 208 g/mol. The molecule has 0 saturated carbocycles. The monoisotopic (exact) mass is 225 g/mol. The second-order valence-electron chi connectivity index (χ2n) is 4.72. The fourth-order valence-electron chi connectivity index (χ4n) is 2.49. The Morgan fingerprint density at radius 2 is 2.25 bits per heavy atom. The SMILES string of the molecule is [B]N1CC(CN)CC1C(=O)N1CCC(F)C1. The Kier molecular flexibility index (Phi) is 3.49. The fraction of sp³-hybridized carbons (Fsp3) is 0.900. The number of nitrogens with two attached hydrogens (primary N) is 1. The van der Waals surface area contributed by atoms with Crippen LogP contribution in [-0.2, 0) is 4.79 Å². The predicted molar refractivity (Wildman–Crippen MR) is 59.5 cm³/mol. The minimum Gasteiger partial charge on any atom is -0.343 e. The van der Waals surface area contributed by atoms with Gasteiger partial charge in [0.1, 0.15) is 6.17 Å². The summed E-state index contributed by atoms with van der Waals surface area (Å²) in [5, 5.41) is 0. The van der Waals surface area contributed by atoms with Crippen LogP contribution in [-0.4, -0.2) is 62.0 Å². The lowest BCUT2D eigenvalue weighted by atomic mass is 10.1. The number of carbonyl (C=O) groups excluding carboxylic acids is 1. The van der Waals surface area contributed by atoms with Crippen molar-refractivity contribution < 1.29 is 9.18 Å². The summed E-state index contributed by atoms with van der Waals surface area (Å²) in [5.41, 5.74) is 5.57. The van der Waals surface area contributed by atoms with E-state index in [0.717, 1.165) is 0 Å². The minimum absolute atomic E-state index is 0.0430. The molecule has 3 unspecified atom stereocenters. The maximum Gasteiger partial charge on any atom is 0.238 e. The van der Waals surface area contributed by atoms with Crippen molar-refractivity contribution >= 4 is 13.9 Å². The van der Waals surface area contributed by atoms with Crippen LogP contribution in [0.2, 0.25) is 0 Å². The van der Waals surface area contributed by atoms with Gasteiger partial charge in [0.2, 0.25) is 5.91 Å². The molecule has 0 spiro atoms. The number of halogens is 1. The van der Waals surface area contributed by atoms with Crippen LogP contribution >= 0.6 is 0 Å². The van der Waals surface area contributed by atoms with Crippen LogP contribution in [0.15, 0.2) is 0 Å². The maximum absolute atomic E-state index is 13.0. The van der Waals surface area contributed by atoms with E-state index in [0.29, 0.717) is 32.5 Å². The quantitative estimate of drug-likeness (QED) is 0.631. The van der Waals surface area contributed by atoms with Crippen molar-refractivity contribution in [3.05, 3.63) is 0 Å². The topological polar surface area (TPSA) is 49.6 Å². The summed E-state index contributed by atoms with van der Waals surface area (Å²) >= 11 is 0. The van der Waals surface area contributed by atoms with Gasteiger partial charge < -0.3 is 15.4 Å². The number of carbonyl (C=O) groups is 1. The molecule has 4 nitrogen and oxygen atoms in total. The van der Waals surface area contributed by atoms with Crippen LogP contribution in [0, 0.1) is 5.92 Å². The molecule has 2 aliphatic heterocycles. The summed E-state index contributed by atoms with van der Waals surface area (Å²) in [4.78, 5) is 15.2. The molecule has 6 heteroatoms. The Balaban J connectivity index is 1.94. The molecule has 0 aliphatic carbocycles. The highest BCUT2D eigenvalue weighted by Gasteiger charge is 2.37. The smallest absolute Gasteiger partial charge is 0.238 e. The Hall–Kier alpha value is -0.615. The highest BCUT2D eigenvalue weighted by molar-refractivity contribution is 6.07.